The van der Waals surface area contributed by atoms with Gasteiger partial charge in [0, 0.05) is 17.5 Å². The molecule has 3 rings (SSSR count). The van der Waals surface area contributed by atoms with Crippen LogP contribution in [0.3, 0.4) is 0 Å². The summed E-state index contributed by atoms with van der Waals surface area (Å²) in [7, 11) is 0. The average molecular weight is 263 g/mol. The van der Waals surface area contributed by atoms with Gasteiger partial charge in [0.25, 0.3) is 5.89 Å². The summed E-state index contributed by atoms with van der Waals surface area (Å²) in [5.41, 5.74) is 2.48. The van der Waals surface area contributed by atoms with Crippen molar-refractivity contribution in [3.8, 4) is 29.0 Å². The number of hydrogen-bond acceptors (Lipinski definition) is 6. The van der Waals surface area contributed by atoms with Crippen molar-refractivity contribution in [2.24, 2.45) is 0 Å². The van der Waals surface area contributed by atoms with Crippen molar-refractivity contribution >= 4 is 0 Å². The number of hydrogen-bond donors (Lipinski definition) is 0. The molecule has 0 radical (unpaired) electrons. The molecule has 3 heterocycles. The summed E-state index contributed by atoms with van der Waals surface area (Å²) in [6, 6.07) is 10.9. The Morgan fingerprint density at radius 1 is 1.20 bits per heavy atom. The quantitative estimate of drug-likeness (QED) is 0.705. The molecule has 0 N–H and O–H groups in total. The van der Waals surface area contributed by atoms with Crippen LogP contribution in [0.25, 0.3) is 23.0 Å². The van der Waals surface area contributed by atoms with E-state index in [4.69, 9.17) is 9.78 Å². The Morgan fingerprint density at radius 2 is 2.10 bits per heavy atom. The van der Waals surface area contributed by atoms with Crippen LogP contribution in [0, 0.1) is 18.3 Å². The van der Waals surface area contributed by atoms with E-state index in [-0.39, 0.29) is 0 Å². The van der Waals surface area contributed by atoms with Gasteiger partial charge >= 0.3 is 0 Å². The van der Waals surface area contributed by atoms with Gasteiger partial charge in [0.1, 0.15) is 17.5 Å². The van der Waals surface area contributed by atoms with Gasteiger partial charge in [-0.1, -0.05) is 11.2 Å². The molecule has 0 aliphatic heterocycles. The number of nitriles is 1. The fourth-order valence-corrected chi connectivity index (χ4v) is 1.74. The zero-order valence-electron chi connectivity index (χ0n) is 10.6. The van der Waals surface area contributed by atoms with Crippen LogP contribution in [-0.2, 0) is 0 Å². The number of pyridine rings is 2. The molecule has 6 nitrogen and oxygen atoms in total. The lowest BCUT2D eigenvalue weighted by atomic mass is 10.2. The molecule has 0 spiro atoms. The molecule has 3 aromatic heterocycles. The van der Waals surface area contributed by atoms with E-state index in [0.29, 0.717) is 28.7 Å². The molecule has 0 amide bonds. The Bertz CT molecular complexity index is 803. The highest BCUT2D eigenvalue weighted by molar-refractivity contribution is 5.58. The highest BCUT2D eigenvalue weighted by atomic mass is 16.5. The number of rotatable bonds is 2. The Kier molecular flexibility index (Phi) is 2.94. The van der Waals surface area contributed by atoms with Gasteiger partial charge in [-0.3, -0.25) is 0 Å². The molecule has 0 fully saturated rings. The number of aromatic nitrogens is 4. The van der Waals surface area contributed by atoms with Crippen molar-refractivity contribution in [3.63, 3.8) is 0 Å². The molecule has 0 saturated heterocycles. The molecule has 0 unspecified atom stereocenters. The molecule has 20 heavy (non-hydrogen) atoms. The SMILES string of the molecule is Cc1cccc(-c2noc(-c3ccnc(C#N)c3)n2)n1. The Balaban J connectivity index is 2.00. The maximum absolute atomic E-state index is 8.83. The third-order valence-corrected chi connectivity index (χ3v) is 2.66. The van der Waals surface area contributed by atoms with Gasteiger partial charge in [0.05, 0.1) is 0 Å². The second-order valence-corrected chi connectivity index (χ2v) is 4.13. The highest BCUT2D eigenvalue weighted by Gasteiger charge is 2.12. The van der Waals surface area contributed by atoms with Crippen molar-refractivity contribution in [3.05, 3.63) is 47.9 Å². The largest absolute Gasteiger partial charge is 0.334 e. The Labute approximate surface area is 114 Å². The van der Waals surface area contributed by atoms with E-state index in [2.05, 4.69) is 20.1 Å². The topological polar surface area (TPSA) is 88.5 Å². The third kappa shape index (κ3) is 2.24. The first-order valence-electron chi connectivity index (χ1n) is 5.90. The lowest BCUT2D eigenvalue weighted by molar-refractivity contribution is 0.432. The first-order chi connectivity index (χ1) is 9.76. The van der Waals surface area contributed by atoms with Crippen LogP contribution in [0.2, 0.25) is 0 Å². The van der Waals surface area contributed by atoms with Crippen LogP contribution in [0.4, 0.5) is 0 Å². The molecular weight excluding hydrogens is 254 g/mol. The molecule has 0 atom stereocenters. The summed E-state index contributed by atoms with van der Waals surface area (Å²) in [5.74, 6) is 0.751. The maximum atomic E-state index is 8.83. The molecule has 0 saturated carbocycles. The first kappa shape index (κ1) is 12.0. The van der Waals surface area contributed by atoms with Crippen LogP contribution in [0.1, 0.15) is 11.4 Å². The zero-order chi connectivity index (χ0) is 13.9. The molecule has 96 valence electrons. The molecule has 0 aliphatic carbocycles. The van der Waals surface area contributed by atoms with Crippen molar-refractivity contribution in [2.45, 2.75) is 6.92 Å². The van der Waals surface area contributed by atoms with E-state index in [1.165, 1.54) is 6.20 Å². The van der Waals surface area contributed by atoms with Gasteiger partial charge in [0.15, 0.2) is 0 Å². The smallest absolute Gasteiger partial charge is 0.258 e. The molecular formula is C14H9N5O. The van der Waals surface area contributed by atoms with E-state index in [0.717, 1.165) is 5.69 Å². The summed E-state index contributed by atoms with van der Waals surface area (Å²) in [4.78, 5) is 12.5. The Hall–Kier alpha value is -3.07. The first-order valence-corrected chi connectivity index (χ1v) is 5.90. The van der Waals surface area contributed by atoms with Gasteiger partial charge in [0.2, 0.25) is 5.82 Å². The summed E-state index contributed by atoms with van der Waals surface area (Å²) < 4.78 is 5.21. The lowest BCUT2D eigenvalue weighted by Crippen LogP contribution is -1.88. The normalized spacial score (nSPS) is 10.2. The molecule has 3 aromatic rings. The summed E-state index contributed by atoms with van der Waals surface area (Å²) >= 11 is 0. The van der Waals surface area contributed by atoms with Crippen LogP contribution < -0.4 is 0 Å². The maximum Gasteiger partial charge on any atom is 0.258 e. The number of aryl methyl sites for hydroxylation is 1. The third-order valence-electron chi connectivity index (χ3n) is 2.66. The van der Waals surface area contributed by atoms with Gasteiger partial charge in [-0.25, -0.2) is 9.97 Å². The minimum absolute atomic E-state index is 0.302. The fourth-order valence-electron chi connectivity index (χ4n) is 1.74. The second kappa shape index (κ2) is 4.90. The highest BCUT2D eigenvalue weighted by Crippen LogP contribution is 2.21. The van der Waals surface area contributed by atoms with Gasteiger partial charge < -0.3 is 4.52 Å². The minimum Gasteiger partial charge on any atom is -0.334 e. The van der Waals surface area contributed by atoms with Crippen LogP contribution >= 0.6 is 0 Å². The average Bonchev–Trinajstić information content (AvgIpc) is 2.97. The van der Waals surface area contributed by atoms with E-state index in [1.807, 2.05) is 31.2 Å². The predicted molar refractivity (Wildman–Crippen MR) is 70.2 cm³/mol. The molecule has 6 heteroatoms. The van der Waals surface area contributed by atoms with E-state index < -0.39 is 0 Å². The minimum atomic E-state index is 0.302. The van der Waals surface area contributed by atoms with E-state index in [1.54, 1.807) is 12.1 Å². The summed E-state index contributed by atoms with van der Waals surface area (Å²) in [6.07, 6.45) is 1.53. The summed E-state index contributed by atoms with van der Waals surface area (Å²) in [6.45, 7) is 1.90. The second-order valence-electron chi connectivity index (χ2n) is 4.13. The summed E-state index contributed by atoms with van der Waals surface area (Å²) in [5, 5.41) is 12.7. The van der Waals surface area contributed by atoms with Gasteiger partial charge in [-0.2, -0.15) is 10.2 Å². The fraction of sp³-hybridized carbons (Fsp3) is 0.0714. The van der Waals surface area contributed by atoms with Crippen LogP contribution in [0.15, 0.2) is 41.1 Å². The van der Waals surface area contributed by atoms with Crippen molar-refractivity contribution in [1.82, 2.24) is 20.1 Å². The van der Waals surface area contributed by atoms with Crippen molar-refractivity contribution in [2.75, 3.05) is 0 Å². The molecule has 0 aliphatic rings. The van der Waals surface area contributed by atoms with Crippen molar-refractivity contribution in [1.29, 1.82) is 5.26 Å². The Morgan fingerprint density at radius 3 is 2.90 bits per heavy atom. The molecule has 0 bridgehead atoms. The lowest BCUT2D eigenvalue weighted by Gasteiger charge is -1.95. The van der Waals surface area contributed by atoms with Gasteiger partial charge in [-0.05, 0) is 31.2 Å². The predicted octanol–water partition coefficient (Wildman–Crippen LogP) is 2.37. The number of nitrogens with zero attached hydrogens (tertiary/aromatic N) is 5. The monoisotopic (exact) mass is 263 g/mol. The van der Waals surface area contributed by atoms with Crippen LogP contribution in [0.5, 0.6) is 0 Å². The van der Waals surface area contributed by atoms with E-state index >= 15 is 0 Å². The van der Waals surface area contributed by atoms with Crippen molar-refractivity contribution < 1.29 is 4.52 Å². The standard InChI is InChI=1S/C14H9N5O/c1-9-3-2-4-12(17-9)13-18-14(20-19-13)10-5-6-16-11(7-10)8-15/h2-7H,1H3. The zero-order valence-corrected chi connectivity index (χ0v) is 10.6. The molecule has 0 aromatic carbocycles. The van der Waals surface area contributed by atoms with Gasteiger partial charge in [-0.15, -0.1) is 0 Å². The van der Waals surface area contributed by atoms with Crippen LogP contribution in [-0.4, -0.2) is 20.1 Å². The van der Waals surface area contributed by atoms with E-state index in [9.17, 15) is 0 Å².